The largest absolute Gasteiger partial charge is 0.108 e. The highest BCUT2D eigenvalue weighted by molar-refractivity contribution is 14.1. The Bertz CT molecular complexity index is 172. The van der Waals surface area contributed by atoms with Gasteiger partial charge < -0.3 is 0 Å². The lowest BCUT2D eigenvalue weighted by Crippen LogP contribution is -2.32. The number of halogens is 1. The highest BCUT2D eigenvalue weighted by atomic mass is 127. The van der Waals surface area contributed by atoms with E-state index in [1.807, 2.05) is 0 Å². The SMILES string of the molecule is BC(C)(C)CCCC(C)(C)C(C)(C)I. The molecule has 0 fully saturated rings. The fraction of sp³-hybridized carbons (Fsp3) is 1.00. The highest BCUT2D eigenvalue weighted by Crippen LogP contribution is 2.43. The summed E-state index contributed by atoms with van der Waals surface area (Å²) in [7, 11) is 2.33. The van der Waals surface area contributed by atoms with E-state index in [1.54, 1.807) is 0 Å². The molecule has 2 heteroatoms. The molecule has 0 saturated heterocycles. The van der Waals surface area contributed by atoms with Crippen LogP contribution in [0, 0.1) is 5.41 Å². The van der Waals surface area contributed by atoms with Crippen molar-refractivity contribution in [1.29, 1.82) is 0 Å². The Morgan fingerprint density at radius 1 is 0.929 bits per heavy atom. The zero-order valence-corrected chi connectivity index (χ0v) is 13.2. The number of hydrogen-bond donors (Lipinski definition) is 0. The topological polar surface area (TPSA) is 0 Å². The van der Waals surface area contributed by atoms with Crippen molar-refractivity contribution in [3.05, 3.63) is 0 Å². The summed E-state index contributed by atoms with van der Waals surface area (Å²) in [5.74, 6) is 0. The van der Waals surface area contributed by atoms with E-state index in [9.17, 15) is 0 Å². The fourth-order valence-corrected chi connectivity index (χ4v) is 1.63. The highest BCUT2D eigenvalue weighted by Gasteiger charge is 2.33. The minimum Gasteiger partial charge on any atom is -0.0789 e. The lowest BCUT2D eigenvalue weighted by Gasteiger charge is -2.38. The molecular formula is C12H26BI. The van der Waals surface area contributed by atoms with Crippen molar-refractivity contribution in [1.82, 2.24) is 0 Å². The van der Waals surface area contributed by atoms with Crippen LogP contribution in [0.2, 0.25) is 5.31 Å². The van der Waals surface area contributed by atoms with Gasteiger partial charge in [0.15, 0.2) is 0 Å². The van der Waals surface area contributed by atoms with Gasteiger partial charge in [-0.25, -0.2) is 0 Å². The summed E-state index contributed by atoms with van der Waals surface area (Å²) in [6, 6.07) is 0. The van der Waals surface area contributed by atoms with Gasteiger partial charge in [0.2, 0.25) is 0 Å². The summed E-state index contributed by atoms with van der Waals surface area (Å²) < 4.78 is 0.392. The molecule has 0 saturated carbocycles. The van der Waals surface area contributed by atoms with Crippen molar-refractivity contribution >= 4 is 30.4 Å². The molecule has 0 unspecified atom stereocenters. The van der Waals surface area contributed by atoms with Gasteiger partial charge >= 0.3 is 0 Å². The van der Waals surface area contributed by atoms with Gasteiger partial charge in [0, 0.05) is 3.42 Å². The Morgan fingerprint density at radius 3 is 1.64 bits per heavy atom. The third-order valence-electron chi connectivity index (χ3n) is 3.34. The standard InChI is InChI=1S/C12H26BI/c1-10(2,12(5,6)14)8-7-9-11(3,4)13/h7-9,13H2,1-6H3. The van der Waals surface area contributed by atoms with Crippen LogP contribution in [0.3, 0.4) is 0 Å². The van der Waals surface area contributed by atoms with Crippen molar-refractivity contribution < 1.29 is 0 Å². The zero-order valence-electron chi connectivity index (χ0n) is 11.0. The lowest BCUT2D eigenvalue weighted by atomic mass is 9.67. The van der Waals surface area contributed by atoms with Gasteiger partial charge in [0.1, 0.15) is 7.85 Å². The van der Waals surface area contributed by atoms with Crippen molar-refractivity contribution in [2.24, 2.45) is 5.41 Å². The van der Waals surface area contributed by atoms with Gasteiger partial charge in [-0.2, -0.15) is 0 Å². The number of alkyl halides is 1. The first kappa shape index (κ1) is 14.8. The first-order valence-corrected chi connectivity index (χ1v) is 6.72. The van der Waals surface area contributed by atoms with Crippen molar-refractivity contribution in [3.63, 3.8) is 0 Å². The van der Waals surface area contributed by atoms with E-state index in [1.165, 1.54) is 19.3 Å². The summed E-state index contributed by atoms with van der Waals surface area (Å²) in [5, 5.41) is 0.492. The van der Waals surface area contributed by atoms with Gasteiger partial charge in [-0.3, -0.25) is 0 Å². The van der Waals surface area contributed by atoms with Crippen LogP contribution in [0.15, 0.2) is 0 Å². The van der Waals surface area contributed by atoms with Crippen LogP contribution in [-0.4, -0.2) is 11.3 Å². The molecule has 0 aliphatic rings. The average Bonchev–Trinajstić information content (AvgIpc) is 1.80. The Balaban J connectivity index is 4.02. The quantitative estimate of drug-likeness (QED) is 0.405. The second kappa shape index (κ2) is 4.75. The van der Waals surface area contributed by atoms with E-state index in [0.717, 1.165) is 0 Å². The van der Waals surface area contributed by atoms with E-state index in [-0.39, 0.29) is 0 Å². The summed E-state index contributed by atoms with van der Waals surface area (Å²) in [4.78, 5) is 0. The second-order valence-electron chi connectivity index (χ2n) is 6.77. The van der Waals surface area contributed by atoms with Crippen LogP contribution in [0.5, 0.6) is 0 Å². The van der Waals surface area contributed by atoms with Crippen molar-refractivity contribution in [2.75, 3.05) is 0 Å². The molecule has 0 bridgehead atoms. The Labute approximate surface area is 105 Å². The number of hydrogen-bond acceptors (Lipinski definition) is 0. The van der Waals surface area contributed by atoms with Gasteiger partial charge in [0.25, 0.3) is 0 Å². The molecule has 0 nitrogen and oxygen atoms in total. The van der Waals surface area contributed by atoms with Gasteiger partial charge in [-0.05, 0) is 11.8 Å². The maximum atomic E-state index is 2.58. The van der Waals surface area contributed by atoms with Crippen LogP contribution in [0.1, 0.15) is 60.8 Å². The molecule has 0 aliphatic heterocycles. The fourth-order valence-electron chi connectivity index (χ4n) is 1.36. The molecule has 84 valence electrons. The zero-order chi connectivity index (χ0) is 11.6. The van der Waals surface area contributed by atoms with Gasteiger partial charge in [-0.1, -0.05) is 82.3 Å². The Kier molecular flexibility index (Phi) is 5.02. The molecule has 0 rings (SSSR count). The number of rotatable bonds is 5. The molecule has 0 aromatic rings. The van der Waals surface area contributed by atoms with E-state index >= 15 is 0 Å². The van der Waals surface area contributed by atoms with Gasteiger partial charge in [-0.15, -0.1) is 0 Å². The monoisotopic (exact) mass is 308 g/mol. The van der Waals surface area contributed by atoms with Crippen LogP contribution < -0.4 is 0 Å². The second-order valence-corrected chi connectivity index (χ2v) is 9.47. The predicted molar refractivity (Wildman–Crippen MR) is 78.3 cm³/mol. The molecule has 0 amide bonds. The summed E-state index contributed by atoms with van der Waals surface area (Å²) >= 11 is 2.58. The van der Waals surface area contributed by atoms with Gasteiger partial charge in [0.05, 0.1) is 0 Å². The molecule has 0 atom stereocenters. The van der Waals surface area contributed by atoms with Crippen LogP contribution in [-0.2, 0) is 0 Å². The molecule has 0 aromatic carbocycles. The molecule has 0 N–H and O–H groups in total. The van der Waals surface area contributed by atoms with Crippen molar-refractivity contribution in [3.8, 4) is 0 Å². The normalized spacial score (nSPS) is 14.5. The van der Waals surface area contributed by atoms with E-state index < -0.39 is 0 Å². The maximum absolute atomic E-state index is 2.58. The first-order chi connectivity index (χ1) is 5.96. The molecular weight excluding hydrogens is 282 g/mol. The molecule has 0 radical (unpaired) electrons. The first-order valence-electron chi connectivity index (χ1n) is 5.65. The average molecular weight is 308 g/mol. The minimum absolute atomic E-state index is 0.392. The van der Waals surface area contributed by atoms with Crippen LogP contribution >= 0.6 is 22.6 Å². The van der Waals surface area contributed by atoms with Crippen LogP contribution in [0.25, 0.3) is 0 Å². The smallest absolute Gasteiger partial charge is 0.0789 e. The summed E-state index contributed by atoms with van der Waals surface area (Å²) in [5.41, 5.74) is 0.443. The van der Waals surface area contributed by atoms with E-state index in [0.29, 0.717) is 14.2 Å². The Morgan fingerprint density at radius 2 is 1.36 bits per heavy atom. The molecule has 0 heterocycles. The van der Waals surface area contributed by atoms with Crippen molar-refractivity contribution in [2.45, 2.75) is 69.5 Å². The third-order valence-corrected chi connectivity index (χ3v) is 4.80. The van der Waals surface area contributed by atoms with E-state index in [2.05, 4.69) is 72.0 Å². The van der Waals surface area contributed by atoms with E-state index in [4.69, 9.17) is 0 Å². The Hall–Kier alpha value is 0.795. The molecule has 0 aliphatic carbocycles. The molecule has 0 aromatic heterocycles. The maximum Gasteiger partial charge on any atom is 0.108 e. The summed E-state index contributed by atoms with van der Waals surface area (Å²) in [6.07, 6.45) is 4.02. The third kappa shape index (κ3) is 5.62. The summed E-state index contributed by atoms with van der Waals surface area (Å²) in [6.45, 7) is 14.1. The molecule has 14 heavy (non-hydrogen) atoms. The minimum atomic E-state index is 0.392. The molecule has 0 spiro atoms. The predicted octanol–water partition coefficient (Wildman–Crippen LogP) is 4.23. The lowest BCUT2D eigenvalue weighted by molar-refractivity contribution is 0.260. The van der Waals surface area contributed by atoms with Crippen LogP contribution in [0.4, 0.5) is 0 Å².